The van der Waals surface area contributed by atoms with E-state index in [-0.39, 0.29) is 18.2 Å². The summed E-state index contributed by atoms with van der Waals surface area (Å²) in [5.74, 6) is 0.115. The topological polar surface area (TPSA) is 84.7 Å². The molecule has 1 aromatic heterocycles. The van der Waals surface area contributed by atoms with Gasteiger partial charge in [-0.2, -0.15) is 5.10 Å². The van der Waals surface area contributed by atoms with Gasteiger partial charge in [0.2, 0.25) is 5.91 Å². The van der Waals surface area contributed by atoms with Gasteiger partial charge in [-0.05, 0) is 62.4 Å². The molecule has 0 bridgehead atoms. The number of aromatic nitrogens is 1. The average molecular weight is 443 g/mol. The number of carbonyl (C=O) groups is 2. The number of ether oxygens (including phenoxy) is 1. The maximum absolute atomic E-state index is 12.5. The summed E-state index contributed by atoms with van der Waals surface area (Å²) < 4.78 is 7.35. The molecule has 0 aliphatic heterocycles. The monoisotopic (exact) mass is 442 g/mol. The molecule has 0 saturated carbocycles. The van der Waals surface area contributed by atoms with Crippen molar-refractivity contribution in [2.45, 2.75) is 26.8 Å². The van der Waals surface area contributed by atoms with Crippen LogP contribution in [0.25, 0.3) is 21.8 Å². The van der Waals surface area contributed by atoms with Crippen LogP contribution in [0.1, 0.15) is 30.6 Å². The lowest BCUT2D eigenvalue weighted by Gasteiger charge is -2.07. The van der Waals surface area contributed by atoms with E-state index >= 15 is 0 Å². The van der Waals surface area contributed by atoms with Gasteiger partial charge in [-0.3, -0.25) is 9.59 Å². The van der Waals surface area contributed by atoms with E-state index in [1.54, 1.807) is 38.3 Å². The van der Waals surface area contributed by atoms with E-state index in [9.17, 15) is 9.59 Å². The first-order valence-electron chi connectivity index (χ1n) is 10.8. The van der Waals surface area contributed by atoms with Crippen molar-refractivity contribution >= 4 is 45.0 Å². The van der Waals surface area contributed by atoms with Gasteiger partial charge in [-0.15, -0.1) is 0 Å². The standard InChI is InChI=1S/C26H26N4O3/c1-4-30-23-8-6-5-7-21(23)22-16-19(11-14-24(22)30)27-25(31)15-17(2)28-29-26(32)18-9-12-20(33-3)13-10-18/h5-14,16H,4,15H2,1-3H3,(H,27,31)(H,29,32)/b28-17+. The third-order valence-corrected chi connectivity index (χ3v) is 5.49. The number of carbonyl (C=O) groups excluding carboxylic acids is 2. The van der Waals surface area contributed by atoms with Crippen molar-refractivity contribution in [3.05, 3.63) is 72.3 Å². The number of para-hydroxylation sites is 1. The average Bonchev–Trinajstić information content (AvgIpc) is 3.15. The van der Waals surface area contributed by atoms with Crippen molar-refractivity contribution in [1.29, 1.82) is 0 Å². The van der Waals surface area contributed by atoms with Crippen LogP contribution in [0.2, 0.25) is 0 Å². The Hall–Kier alpha value is -4.13. The largest absolute Gasteiger partial charge is 0.497 e. The summed E-state index contributed by atoms with van der Waals surface area (Å²) in [7, 11) is 1.56. The van der Waals surface area contributed by atoms with E-state index in [4.69, 9.17) is 4.74 Å². The quantitative estimate of drug-likeness (QED) is 0.313. The van der Waals surface area contributed by atoms with E-state index in [0.29, 0.717) is 17.0 Å². The molecule has 7 heteroatoms. The SMILES string of the molecule is CCn1c2ccccc2c2cc(NC(=O)C/C(C)=N/NC(=O)c3ccc(OC)cc3)ccc21. The lowest BCUT2D eigenvalue weighted by atomic mass is 10.1. The highest BCUT2D eigenvalue weighted by Gasteiger charge is 2.12. The minimum atomic E-state index is -0.352. The third kappa shape index (κ3) is 4.72. The number of anilines is 1. The zero-order valence-electron chi connectivity index (χ0n) is 18.9. The summed E-state index contributed by atoms with van der Waals surface area (Å²) in [5, 5.41) is 9.24. The molecule has 33 heavy (non-hydrogen) atoms. The second kappa shape index (κ2) is 9.56. The first-order valence-corrected chi connectivity index (χ1v) is 10.8. The molecule has 0 spiro atoms. The van der Waals surface area contributed by atoms with E-state index < -0.39 is 0 Å². The highest BCUT2D eigenvalue weighted by atomic mass is 16.5. The normalized spacial score (nSPS) is 11.5. The van der Waals surface area contributed by atoms with Gasteiger partial charge in [-0.1, -0.05) is 18.2 Å². The highest BCUT2D eigenvalue weighted by molar-refractivity contribution is 6.11. The molecule has 0 aliphatic carbocycles. The second-order valence-corrected chi connectivity index (χ2v) is 7.73. The Kier molecular flexibility index (Phi) is 6.40. The Morgan fingerprint density at radius 2 is 1.70 bits per heavy atom. The van der Waals surface area contributed by atoms with E-state index in [1.807, 2.05) is 30.3 Å². The van der Waals surface area contributed by atoms with Crippen LogP contribution in [0.15, 0.2) is 71.8 Å². The number of methoxy groups -OCH3 is 1. The van der Waals surface area contributed by atoms with Gasteiger partial charge in [-0.25, -0.2) is 5.43 Å². The number of rotatable bonds is 7. The minimum Gasteiger partial charge on any atom is -0.497 e. The maximum atomic E-state index is 12.5. The second-order valence-electron chi connectivity index (χ2n) is 7.73. The number of aryl methyl sites for hydroxylation is 1. The van der Waals surface area contributed by atoms with Crippen molar-refractivity contribution in [1.82, 2.24) is 9.99 Å². The van der Waals surface area contributed by atoms with Gasteiger partial charge in [0.1, 0.15) is 5.75 Å². The van der Waals surface area contributed by atoms with Gasteiger partial charge in [0.25, 0.3) is 5.91 Å². The van der Waals surface area contributed by atoms with Crippen LogP contribution in [0, 0.1) is 0 Å². The van der Waals surface area contributed by atoms with Crippen LogP contribution in [0.4, 0.5) is 5.69 Å². The molecule has 3 aromatic carbocycles. The molecule has 0 radical (unpaired) electrons. The summed E-state index contributed by atoms with van der Waals surface area (Å²) in [6.07, 6.45) is 0.0671. The molecular formula is C26H26N4O3. The molecular weight excluding hydrogens is 416 g/mol. The minimum absolute atomic E-state index is 0.0671. The molecule has 0 saturated heterocycles. The van der Waals surface area contributed by atoms with Gasteiger partial charge in [0.05, 0.1) is 13.5 Å². The molecule has 4 rings (SSSR count). The molecule has 0 aliphatic rings. The predicted molar refractivity (Wildman–Crippen MR) is 132 cm³/mol. The van der Waals surface area contributed by atoms with Crippen LogP contribution in [-0.4, -0.2) is 29.2 Å². The summed E-state index contributed by atoms with van der Waals surface area (Å²) in [6, 6.07) is 20.9. The van der Waals surface area contributed by atoms with Crippen LogP contribution in [-0.2, 0) is 11.3 Å². The summed E-state index contributed by atoms with van der Waals surface area (Å²) in [4.78, 5) is 24.8. The molecule has 168 valence electrons. The Morgan fingerprint density at radius 1 is 0.970 bits per heavy atom. The number of benzene rings is 3. The number of hydrogen-bond donors (Lipinski definition) is 2. The van der Waals surface area contributed by atoms with E-state index in [1.165, 1.54) is 5.52 Å². The number of nitrogens with zero attached hydrogens (tertiary/aromatic N) is 2. The zero-order valence-corrected chi connectivity index (χ0v) is 18.9. The van der Waals surface area contributed by atoms with Crippen LogP contribution >= 0.6 is 0 Å². The fourth-order valence-electron chi connectivity index (χ4n) is 3.90. The summed E-state index contributed by atoms with van der Waals surface area (Å²) in [6.45, 7) is 4.69. The Bertz CT molecular complexity index is 1350. The van der Waals surface area contributed by atoms with Crippen molar-refractivity contribution in [3.8, 4) is 5.75 Å². The predicted octanol–water partition coefficient (Wildman–Crippen LogP) is 4.96. The highest BCUT2D eigenvalue weighted by Crippen LogP contribution is 2.31. The van der Waals surface area contributed by atoms with Gasteiger partial charge in [0.15, 0.2) is 0 Å². The number of hydrogen-bond acceptors (Lipinski definition) is 4. The fourth-order valence-corrected chi connectivity index (χ4v) is 3.90. The van der Waals surface area contributed by atoms with Crippen molar-refractivity contribution in [2.75, 3.05) is 12.4 Å². The van der Waals surface area contributed by atoms with Crippen LogP contribution in [0.3, 0.4) is 0 Å². The van der Waals surface area contributed by atoms with E-state index in [2.05, 4.69) is 39.5 Å². The molecule has 7 nitrogen and oxygen atoms in total. The first-order chi connectivity index (χ1) is 16.0. The number of fused-ring (bicyclic) bond motifs is 3. The molecule has 2 amide bonds. The smallest absolute Gasteiger partial charge is 0.271 e. The molecule has 4 aromatic rings. The van der Waals surface area contributed by atoms with Gasteiger partial charge in [0, 0.05) is 45.3 Å². The van der Waals surface area contributed by atoms with Gasteiger partial charge >= 0.3 is 0 Å². The number of hydrazone groups is 1. The number of amides is 2. The van der Waals surface area contributed by atoms with Gasteiger partial charge < -0.3 is 14.6 Å². The molecule has 0 fully saturated rings. The molecule has 0 atom stereocenters. The maximum Gasteiger partial charge on any atom is 0.271 e. The lowest BCUT2D eigenvalue weighted by molar-refractivity contribution is -0.115. The van der Waals surface area contributed by atoms with Crippen molar-refractivity contribution in [3.63, 3.8) is 0 Å². The van der Waals surface area contributed by atoms with Crippen molar-refractivity contribution in [2.24, 2.45) is 5.10 Å². The molecule has 1 heterocycles. The Labute approximate surface area is 192 Å². The fraction of sp³-hybridized carbons (Fsp3) is 0.192. The Balaban J connectivity index is 1.42. The summed E-state index contributed by atoms with van der Waals surface area (Å²) in [5.41, 5.74) is 6.47. The molecule has 2 N–H and O–H groups in total. The first kappa shape index (κ1) is 22.1. The van der Waals surface area contributed by atoms with E-state index in [0.717, 1.165) is 28.5 Å². The lowest BCUT2D eigenvalue weighted by Crippen LogP contribution is -2.21. The number of nitrogens with one attached hydrogen (secondary N) is 2. The van der Waals surface area contributed by atoms with Crippen molar-refractivity contribution < 1.29 is 14.3 Å². The zero-order chi connectivity index (χ0) is 23.4. The molecule has 0 unspecified atom stereocenters. The van der Waals surface area contributed by atoms with Crippen LogP contribution in [0.5, 0.6) is 5.75 Å². The Morgan fingerprint density at radius 3 is 2.42 bits per heavy atom. The third-order valence-electron chi connectivity index (χ3n) is 5.49. The van der Waals surface area contributed by atoms with Crippen LogP contribution < -0.4 is 15.5 Å². The summed E-state index contributed by atoms with van der Waals surface area (Å²) >= 11 is 0.